The van der Waals surface area contributed by atoms with Crippen molar-refractivity contribution in [2.75, 3.05) is 6.54 Å². The fourth-order valence-electron chi connectivity index (χ4n) is 3.13. The number of hydrogen-bond donors (Lipinski definition) is 4. The Morgan fingerprint density at radius 3 is 2.85 bits per heavy atom. The Morgan fingerprint density at radius 1 is 1.40 bits per heavy atom. The summed E-state index contributed by atoms with van der Waals surface area (Å²) < 4.78 is 0. The Balaban J connectivity index is 1.97. The topological polar surface area (TPSA) is 72.7 Å². The van der Waals surface area contributed by atoms with Crippen molar-refractivity contribution in [3.8, 4) is 11.5 Å². The lowest BCUT2D eigenvalue weighted by Crippen LogP contribution is -2.44. The van der Waals surface area contributed by atoms with Gasteiger partial charge in [-0.3, -0.25) is 0 Å². The van der Waals surface area contributed by atoms with Crippen molar-refractivity contribution in [1.29, 1.82) is 0 Å². The van der Waals surface area contributed by atoms with Gasteiger partial charge in [0.1, 0.15) is 11.5 Å². The highest BCUT2D eigenvalue weighted by Crippen LogP contribution is 2.33. The second kappa shape index (κ2) is 6.02. The molecule has 4 heteroatoms. The number of rotatable bonds is 4. The molecule has 4 N–H and O–H groups in total. The number of nitrogens with one attached hydrogen (secondary N) is 1. The van der Waals surface area contributed by atoms with Crippen molar-refractivity contribution in [1.82, 2.24) is 5.32 Å². The van der Waals surface area contributed by atoms with Gasteiger partial charge in [-0.05, 0) is 43.9 Å². The normalized spacial score (nSPS) is 28.2. The van der Waals surface area contributed by atoms with Crippen LogP contribution < -0.4 is 5.32 Å². The standard InChI is InChI=1S/C16H25NO3/c1-11-4-3-7-16(20,9-11)10-17-12(2)14-8-13(18)5-6-15(14)19/h5-6,8,11-12,17-20H,3-4,7,9-10H2,1-2H3. The van der Waals surface area contributed by atoms with Gasteiger partial charge in [0.05, 0.1) is 5.60 Å². The van der Waals surface area contributed by atoms with E-state index >= 15 is 0 Å². The van der Waals surface area contributed by atoms with E-state index in [1.165, 1.54) is 18.6 Å². The molecule has 0 bridgehead atoms. The van der Waals surface area contributed by atoms with Crippen LogP contribution in [0.15, 0.2) is 18.2 Å². The van der Waals surface area contributed by atoms with Gasteiger partial charge in [0.2, 0.25) is 0 Å². The molecule has 1 fully saturated rings. The van der Waals surface area contributed by atoms with Crippen molar-refractivity contribution in [3.05, 3.63) is 23.8 Å². The van der Waals surface area contributed by atoms with Crippen molar-refractivity contribution >= 4 is 0 Å². The molecular weight excluding hydrogens is 254 g/mol. The number of aliphatic hydroxyl groups is 1. The van der Waals surface area contributed by atoms with E-state index in [1.807, 2.05) is 6.92 Å². The van der Waals surface area contributed by atoms with E-state index in [1.54, 1.807) is 6.07 Å². The predicted octanol–water partition coefficient (Wildman–Crippen LogP) is 2.69. The van der Waals surface area contributed by atoms with Crippen LogP contribution in [0.4, 0.5) is 0 Å². The first-order chi connectivity index (χ1) is 9.39. The molecular formula is C16H25NO3. The van der Waals surface area contributed by atoms with Gasteiger partial charge >= 0.3 is 0 Å². The fraction of sp³-hybridized carbons (Fsp3) is 0.625. The summed E-state index contributed by atoms with van der Waals surface area (Å²) in [6.45, 7) is 4.60. The largest absolute Gasteiger partial charge is 0.508 e. The number of phenolic OH excluding ortho intramolecular Hbond substituents is 2. The quantitative estimate of drug-likeness (QED) is 0.639. The van der Waals surface area contributed by atoms with Gasteiger partial charge in [-0.15, -0.1) is 0 Å². The first-order valence-corrected chi connectivity index (χ1v) is 7.37. The second-order valence-corrected chi connectivity index (χ2v) is 6.27. The lowest BCUT2D eigenvalue weighted by Gasteiger charge is -2.36. The summed E-state index contributed by atoms with van der Waals surface area (Å²) in [7, 11) is 0. The molecule has 1 aromatic carbocycles. The number of hydrogen-bond acceptors (Lipinski definition) is 4. The molecule has 20 heavy (non-hydrogen) atoms. The molecule has 0 aliphatic heterocycles. The third-order valence-corrected chi connectivity index (χ3v) is 4.28. The Bertz CT molecular complexity index is 463. The molecule has 0 heterocycles. The molecule has 0 aromatic heterocycles. The second-order valence-electron chi connectivity index (χ2n) is 6.27. The van der Waals surface area contributed by atoms with Crippen LogP contribution in [0.25, 0.3) is 0 Å². The average molecular weight is 279 g/mol. The predicted molar refractivity (Wildman–Crippen MR) is 78.8 cm³/mol. The van der Waals surface area contributed by atoms with Crippen LogP contribution in [-0.2, 0) is 0 Å². The molecule has 0 saturated heterocycles. The summed E-state index contributed by atoms with van der Waals surface area (Å²) in [5.41, 5.74) is -0.00397. The van der Waals surface area contributed by atoms with Crippen LogP contribution in [0.5, 0.6) is 11.5 Å². The highest BCUT2D eigenvalue weighted by Gasteiger charge is 2.32. The zero-order valence-electron chi connectivity index (χ0n) is 12.3. The van der Waals surface area contributed by atoms with Crippen LogP contribution in [-0.4, -0.2) is 27.5 Å². The van der Waals surface area contributed by atoms with Crippen molar-refractivity contribution in [2.24, 2.45) is 5.92 Å². The highest BCUT2D eigenvalue weighted by molar-refractivity contribution is 5.40. The zero-order valence-corrected chi connectivity index (χ0v) is 12.3. The van der Waals surface area contributed by atoms with E-state index in [0.717, 1.165) is 19.3 Å². The van der Waals surface area contributed by atoms with Gasteiger partial charge in [0, 0.05) is 18.2 Å². The number of aromatic hydroxyl groups is 2. The molecule has 0 radical (unpaired) electrons. The van der Waals surface area contributed by atoms with Gasteiger partial charge in [-0.1, -0.05) is 19.8 Å². The van der Waals surface area contributed by atoms with Crippen LogP contribution in [0, 0.1) is 5.92 Å². The Kier molecular flexibility index (Phi) is 4.55. The number of benzene rings is 1. The van der Waals surface area contributed by atoms with Crippen LogP contribution >= 0.6 is 0 Å². The molecule has 3 unspecified atom stereocenters. The van der Waals surface area contributed by atoms with Gasteiger partial charge in [-0.2, -0.15) is 0 Å². The van der Waals surface area contributed by atoms with E-state index < -0.39 is 5.60 Å². The smallest absolute Gasteiger partial charge is 0.120 e. The van der Waals surface area contributed by atoms with E-state index in [0.29, 0.717) is 18.0 Å². The summed E-state index contributed by atoms with van der Waals surface area (Å²) >= 11 is 0. The van der Waals surface area contributed by atoms with E-state index in [4.69, 9.17) is 0 Å². The minimum absolute atomic E-state index is 0.122. The van der Waals surface area contributed by atoms with Gasteiger partial charge in [-0.25, -0.2) is 0 Å². The molecule has 1 saturated carbocycles. The molecule has 4 nitrogen and oxygen atoms in total. The first-order valence-electron chi connectivity index (χ1n) is 7.37. The zero-order chi connectivity index (χ0) is 14.8. The van der Waals surface area contributed by atoms with Crippen molar-refractivity contribution < 1.29 is 15.3 Å². The maximum absolute atomic E-state index is 10.6. The summed E-state index contributed by atoms with van der Waals surface area (Å²) in [5, 5.41) is 33.2. The first kappa shape index (κ1) is 15.1. The summed E-state index contributed by atoms with van der Waals surface area (Å²) in [6.07, 6.45) is 3.89. The summed E-state index contributed by atoms with van der Waals surface area (Å²) in [4.78, 5) is 0. The molecule has 1 aromatic rings. The number of phenols is 2. The molecule has 3 atom stereocenters. The van der Waals surface area contributed by atoms with Crippen molar-refractivity contribution in [2.45, 2.75) is 51.2 Å². The minimum Gasteiger partial charge on any atom is -0.508 e. The minimum atomic E-state index is -0.654. The lowest BCUT2D eigenvalue weighted by atomic mass is 9.79. The molecule has 2 rings (SSSR count). The van der Waals surface area contributed by atoms with E-state index in [2.05, 4.69) is 12.2 Å². The third-order valence-electron chi connectivity index (χ3n) is 4.28. The Hall–Kier alpha value is -1.26. The molecule has 0 amide bonds. The molecule has 112 valence electrons. The van der Waals surface area contributed by atoms with E-state index in [-0.39, 0.29) is 17.5 Å². The lowest BCUT2D eigenvalue weighted by molar-refractivity contribution is -0.0134. The Morgan fingerprint density at radius 2 is 2.15 bits per heavy atom. The van der Waals surface area contributed by atoms with Crippen LogP contribution in [0.1, 0.15) is 51.1 Å². The van der Waals surface area contributed by atoms with Gasteiger partial charge in [0.25, 0.3) is 0 Å². The summed E-state index contributed by atoms with van der Waals surface area (Å²) in [6, 6.07) is 4.38. The average Bonchev–Trinajstić information content (AvgIpc) is 2.39. The van der Waals surface area contributed by atoms with Crippen LogP contribution in [0.2, 0.25) is 0 Å². The monoisotopic (exact) mass is 279 g/mol. The van der Waals surface area contributed by atoms with Crippen LogP contribution in [0.3, 0.4) is 0 Å². The molecule has 0 spiro atoms. The third kappa shape index (κ3) is 3.64. The van der Waals surface area contributed by atoms with E-state index in [9.17, 15) is 15.3 Å². The van der Waals surface area contributed by atoms with Crippen molar-refractivity contribution in [3.63, 3.8) is 0 Å². The summed E-state index contributed by atoms with van der Waals surface area (Å²) in [5.74, 6) is 0.850. The SMILES string of the molecule is CC1CCCC(O)(CNC(C)c2cc(O)ccc2O)C1. The molecule has 1 aliphatic carbocycles. The van der Waals surface area contributed by atoms with Gasteiger partial charge < -0.3 is 20.6 Å². The maximum Gasteiger partial charge on any atom is 0.120 e. The maximum atomic E-state index is 10.6. The van der Waals surface area contributed by atoms with Gasteiger partial charge in [0.15, 0.2) is 0 Å². The Labute approximate surface area is 120 Å². The molecule has 1 aliphatic rings. The fourth-order valence-corrected chi connectivity index (χ4v) is 3.13. The highest BCUT2D eigenvalue weighted by atomic mass is 16.3.